The molecular weight excluding hydrogens is 392 g/mol. The van der Waals surface area contributed by atoms with E-state index in [1.165, 1.54) is 6.29 Å². The molecule has 0 spiro atoms. The molecule has 4 rings (SSSR count). The van der Waals surface area contributed by atoms with Crippen LogP contribution in [0.3, 0.4) is 0 Å². The summed E-state index contributed by atoms with van der Waals surface area (Å²) in [5.41, 5.74) is 6.59. The number of aldehydes is 1. The van der Waals surface area contributed by atoms with Gasteiger partial charge >= 0.3 is 10.2 Å². The van der Waals surface area contributed by atoms with Crippen molar-refractivity contribution in [3.05, 3.63) is 23.8 Å². The van der Waals surface area contributed by atoms with Gasteiger partial charge in [0, 0.05) is 24.4 Å². The Hall–Kier alpha value is -2.13. The van der Waals surface area contributed by atoms with Gasteiger partial charge in [0.15, 0.2) is 5.84 Å². The molecule has 9 heteroatoms. The molecule has 8 nitrogen and oxygen atoms in total. The van der Waals surface area contributed by atoms with Crippen LogP contribution in [0.5, 0.6) is 5.75 Å². The molecule has 1 atom stereocenters. The van der Waals surface area contributed by atoms with Gasteiger partial charge in [-0.15, -0.1) is 4.40 Å². The summed E-state index contributed by atoms with van der Waals surface area (Å²) in [4.78, 5) is 14.1. The predicted octanol–water partition coefficient (Wildman–Crippen LogP) is 1.91. The third kappa shape index (κ3) is 4.40. The molecule has 1 saturated carbocycles. The maximum absolute atomic E-state index is 11.7. The molecule has 3 aliphatic rings. The molecule has 2 aliphatic heterocycles. The number of likely N-dealkylation sites (tertiary alicyclic amines) is 1. The van der Waals surface area contributed by atoms with Gasteiger partial charge in [0.2, 0.25) is 0 Å². The Morgan fingerprint density at radius 3 is 2.86 bits per heavy atom. The number of ether oxygens (including phenoxy) is 1. The van der Waals surface area contributed by atoms with E-state index in [0.717, 1.165) is 58.2 Å². The first-order valence-electron chi connectivity index (χ1n) is 10.2. The number of nitrogens with two attached hydrogens (primary N) is 1. The fourth-order valence-electron chi connectivity index (χ4n) is 4.81. The van der Waals surface area contributed by atoms with E-state index in [9.17, 15) is 13.2 Å². The molecule has 29 heavy (non-hydrogen) atoms. The zero-order valence-corrected chi connectivity index (χ0v) is 17.3. The van der Waals surface area contributed by atoms with Gasteiger partial charge < -0.3 is 20.2 Å². The molecule has 2 fully saturated rings. The van der Waals surface area contributed by atoms with Gasteiger partial charge in [0.05, 0.1) is 17.9 Å². The number of hydrogen-bond acceptors (Lipinski definition) is 6. The molecule has 2 heterocycles. The summed E-state index contributed by atoms with van der Waals surface area (Å²) >= 11 is 0. The summed E-state index contributed by atoms with van der Waals surface area (Å²) in [6.45, 7) is 3.28. The molecular formula is C20H28N4O4S. The maximum Gasteiger partial charge on any atom is 0.344 e. The Morgan fingerprint density at radius 2 is 2.10 bits per heavy atom. The van der Waals surface area contributed by atoms with Gasteiger partial charge in [-0.3, -0.25) is 4.72 Å². The number of benzene rings is 1. The van der Waals surface area contributed by atoms with Crippen molar-refractivity contribution < 1.29 is 17.9 Å². The number of rotatable bonds is 6. The van der Waals surface area contributed by atoms with E-state index in [2.05, 4.69) is 14.0 Å². The highest BCUT2D eigenvalue weighted by molar-refractivity contribution is 7.91. The van der Waals surface area contributed by atoms with E-state index in [0.29, 0.717) is 29.5 Å². The highest BCUT2D eigenvalue weighted by Crippen LogP contribution is 2.38. The molecule has 1 aliphatic carbocycles. The topological polar surface area (TPSA) is 114 Å². The minimum Gasteiger partial charge on any atom is -0.492 e. The second kappa shape index (κ2) is 7.95. The normalized spacial score (nSPS) is 25.5. The first-order chi connectivity index (χ1) is 13.9. The molecule has 1 saturated heterocycles. The summed E-state index contributed by atoms with van der Waals surface area (Å²) in [5, 5.41) is 0. The molecule has 0 unspecified atom stereocenters. The van der Waals surface area contributed by atoms with E-state index in [4.69, 9.17) is 10.5 Å². The average molecular weight is 421 g/mol. The minimum absolute atomic E-state index is 0.0613. The van der Waals surface area contributed by atoms with Crippen molar-refractivity contribution in [2.24, 2.45) is 21.5 Å². The Bertz CT molecular complexity index is 909. The van der Waals surface area contributed by atoms with Gasteiger partial charge in [0.25, 0.3) is 0 Å². The van der Waals surface area contributed by atoms with Crippen LogP contribution in [0, 0.1) is 11.3 Å². The first kappa shape index (κ1) is 20.2. The first-order valence-corrected chi connectivity index (χ1v) is 11.7. The van der Waals surface area contributed by atoms with Gasteiger partial charge in [-0.1, -0.05) is 18.9 Å². The highest BCUT2D eigenvalue weighted by Gasteiger charge is 2.36. The van der Waals surface area contributed by atoms with Crippen LogP contribution < -0.4 is 15.2 Å². The van der Waals surface area contributed by atoms with Crippen LogP contribution in [0.1, 0.15) is 44.1 Å². The van der Waals surface area contributed by atoms with Crippen molar-refractivity contribution in [1.29, 1.82) is 0 Å². The lowest BCUT2D eigenvalue weighted by Crippen LogP contribution is -2.44. The summed E-state index contributed by atoms with van der Waals surface area (Å²) in [6, 6.07) is 5.15. The van der Waals surface area contributed by atoms with E-state index in [1.807, 2.05) is 0 Å². The quantitative estimate of drug-likeness (QED) is 0.680. The van der Waals surface area contributed by atoms with Crippen LogP contribution in [0.2, 0.25) is 0 Å². The molecule has 0 aromatic heterocycles. The minimum atomic E-state index is -3.80. The second-order valence-corrected chi connectivity index (χ2v) is 9.81. The lowest BCUT2D eigenvalue weighted by atomic mass is 9.86. The molecule has 0 amide bonds. The Labute approximate surface area is 171 Å². The van der Waals surface area contributed by atoms with E-state index in [-0.39, 0.29) is 11.3 Å². The van der Waals surface area contributed by atoms with E-state index >= 15 is 0 Å². The number of hydrogen-bond donors (Lipinski definition) is 2. The fraction of sp³-hybridized carbons (Fsp3) is 0.600. The van der Waals surface area contributed by atoms with Crippen LogP contribution in [-0.2, 0) is 15.0 Å². The van der Waals surface area contributed by atoms with Crippen LogP contribution in [-0.4, -0.2) is 51.7 Å². The number of amidine groups is 1. The Kier molecular flexibility index (Phi) is 5.52. The van der Waals surface area contributed by atoms with Crippen molar-refractivity contribution in [3.63, 3.8) is 0 Å². The molecule has 0 bridgehead atoms. The van der Waals surface area contributed by atoms with Crippen LogP contribution in [0.15, 0.2) is 22.6 Å². The number of carbonyl (C=O) groups excluding carboxylic acids is 1. The number of fused-ring (bicyclic) bond motifs is 1. The maximum atomic E-state index is 11.7. The standard InChI is InChI=1S/C20H28N4O4S/c21-19-18-16(22-29(26,27)23-19)6-3-7-17(18)28-12-15-5-4-10-24(11-15)13-20(14-25)8-1-2-9-20/h3,6-7,14-15,22H,1-2,4-5,8-13H2,(H2,21,23)/t15-/m0/s1. The summed E-state index contributed by atoms with van der Waals surface area (Å²) in [7, 11) is -3.80. The van der Waals surface area contributed by atoms with Gasteiger partial charge in [-0.25, -0.2) is 0 Å². The number of piperidine rings is 1. The van der Waals surface area contributed by atoms with Gasteiger partial charge in [-0.05, 0) is 44.4 Å². The number of nitrogens with zero attached hydrogens (tertiary/aromatic N) is 2. The molecule has 1 aromatic carbocycles. The van der Waals surface area contributed by atoms with Crippen LogP contribution in [0.4, 0.5) is 5.69 Å². The average Bonchev–Trinajstić information content (AvgIpc) is 3.14. The lowest BCUT2D eigenvalue weighted by molar-refractivity contribution is -0.117. The molecule has 1 aromatic rings. The van der Waals surface area contributed by atoms with Crippen LogP contribution in [0.25, 0.3) is 0 Å². The Morgan fingerprint density at radius 1 is 1.31 bits per heavy atom. The van der Waals surface area contributed by atoms with Gasteiger partial charge in [0.1, 0.15) is 12.0 Å². The SMILES string of the molecule is NC1=NS(=O)(=O)Nc2cccc(OC[C@H]3CCCN(CC4(C=O)CCCC4)C3)c21. The van der Waals surface area contributed by atoms with Crippen molar-refractivity contribution in [1.82, 2.24) is 4.90 Å². The number of anilines is 1. The monoisotopic (exact) mass is 420 g/mol. The molecule has 3 N–H and O–H groups in total. The van der Waals surface area contributed by atoms with Crippen molar-refractivity contribution in [3.8, 4) is 5.75 Å². The van der Waals surface area contributed by atoms with Crippen molar-refractivity contribution in [2.75, 3.05) is 31.0 Å². The summed E-state index contributed by atoms with van der Waals surface area (Å²) < 4.78 is 35.4. The van der Waals surface area contributed by atoms with E-state index < -0.39 is 10.2 Å². The number of carbonyl (C=O) groups is 1. The zero-order chi connectivity index (χ0) is 20.5. The zero-order valence-electron chi connectivity index (χ0n) is 16.5. The van der Waals surface area contributed by atoms with Crippen molar-refractivity contribution in [2.45, 2.75) is 38.5 Å². The largest absolute Gasteiger partial charge is 0.492 e. The third-order valence-electron chi connectivity index (χ3n) is 6.21. The fourth-order valence-corrected chi connectivity index (χ4v) is 5.66. The van der Waals surface area contributed by atoms with Crippen molar-refractivity contribution >= 4 is 28.0 Å². The predicted molar refractivity (Wildman–Crippen MR) is 111 cm³/mol. The summed E-state index contributed by atoms with van der Waals surface area (Å²) in [5.74, 6) is 0.820. The second-order valence-electron chi connectivity index (χ2n) is 8.47. The number of nitrogens with one attached hydrogen (secondary N) is 1. The lowest BCUT2D eigenvalue weighted by Gasteiger charge is -2.37. The van der Waals surface area contributed by atoms with Gasteiger partial charge in [-0.2, -0.15) is 8.42 Å². The summed E-state index contributed by atoms with van der Waals surface area (Å²) in [6.07, 6.45) is 7.61. The smallest absolute Gasteiger partial charge is 0.344 e. The third-order valence-corrected chi connectivity index (χ3v) is 7.12. The molecule has 0 radical (unpaired) electrons. The van der Waals surface area contributed by atoms with E-state index in [1.54, 1.807) is 18.2 Å². The highest BCUT2D eigenvalue weighted by atomic mass is 32.2. The van der Waals surface area contributed by atoms with Crippen LogP contribution >= 0.6 is 0 Å². The Balaban J connectivity index is 1.40. The molecule has 158 valence electrons.